The van der Waals surface area contributed by atoms with Crippen LogP contribution in [0.5, 0.6) is 0 Å². The van der Waals surface area contributed by atoms with E-state index in [1.54, 1.807) is 0 Å². The summed E-state index contributed by atoms with van der Waals surface area (Å²) in [5.41, 5.74) is 4.14. The number of nitrogens with zero attached hydrogens (tertiary/aromatic N) is 2. The lowest BCUT2D eigenvalue weighted by Gasteiger charge is -2.40. The quantitative estimate of drug-likeness (QED) is 0.372. The summed E-state index contributed by atoms with van der Waals surface area (Å²) in [6.45, 7) is 2.29. The fraction of sp³-hybridized carbons (Fsp3) is 0.296. The summed E-state index contributed by atoms with van der Waals surface area (Å²) < 4.78 is 4.65. The fourth-order valence-corrected chi connectivity index (χ4v) is 7.42. The Labute approximate surface area is 189 Å². The van der Waals surface area contributed by atoms with Crippen molar-refractivity contribution in [2.45, 2.75) is 43.5 Å². The highest BCUT2D eigenvalue weighted by atomic mass is 16.3. The second kappa shape index (κ2) is 5.41. The van der Waals surface area contributed by atoms with Crippen molar-refractivity contribution in [1.29, 1.82) is 0 Å². The number of aromatic nitrogens is 2. The van der Waals surface area contributed by atoms with Crippen LogP contribution in [0.3, 0.4) is 0 Å². The second-order valence-corrected chi connectivity index (χ2v) is 10.2. The molecular weight excluding hydrogens is 414 g/mol. The van der Waals surface area contributed by atoms with Gasteiger partial charge >= 0.3 is 0 Å². The first-order valence-corrected chi connectivity index (χ1v) is 11.6. The molecule has 0 saturated heterocycles. The Morgan fingerprint density at radius 2 is 1.70 bits per heavy atom. The number of para-hydroxylation sites is 2. The van der Waals surface area contributed by atoms with Gasteiger partial charge in [0.1, 0.15) is 5.60 Å². The number of hydrogen-bond acceptors (Lipinski definition) is 3. The minimum Gasteiger partial charge on any atom is -0.393 e. The molecule has 0 unspecified atom stereocenters. The molecule has 5 aromatic rings. The Morgan fingerprint density at radius 1 is 1.00 bits per heavy atom. The third-order valence-corrected chi connectivity index (χ3v) is 8.85. The first kappa shape index (κ1) is 18.1. The molecule has 3 aliphatic rings. The summed E-state index contributed by atoms with van der Waals surface area (Å²) in [5, 5.41) is 29.7. The van der Waals surface area contributed by atoms with E-state index in [1.165, 1.54) is 0 Å². The lowest BCUT2D eigenvalue weighted by Crippen LogP contribution is -2.52. The molecule has 4 heterocycles. The van der Waals surface area contributed by atoms with Gasteiger partial charge in [0, 0.05) is 51.6 Å². The van der Waals surface area contributed by atoms with Gasteiger partial charge in [0.2, 0.25) is 0 Å². The average molecular weight is 437 g/mol. The largest absolute Gasteiger partial charge is 0.393 e. The highest BCUT2D eigenvalue weighted by molar-refractivity contribution is 6.31. The average Bonchev–Trinajstić information content (AvgIpc) is 3.51. The first-order chi connectivity index (χ1) is 16.0. The smallest absolute Gasteiger partial charge is 0.252 e. The minimum absolute atomic E-state index is 0.0129. The highest BCUT2D eigenvalue weighted by Crippen LogP contribution is 2.58. The zero-order valence-corrected chi connectivity index (χ0v) is 18.2. The number of nitrogens with one attached hydrogen (secondary N) is 1. The van der Waals surface area contributed by atoms with Gasteiger partial charge in [0.25, 0.3) is 5.91 Å². The Morgan fingerprint density at radius 3 is 2.45 bits per heavy atom. The molecular formula is C27H23N3O3. The monoisotopic (exact) mass is 437 g/mol. The van der Waals surface area contributed by atoms with E-state index in [1.807, 2.05) is 24.3 Å². The number of carbonyl (C=O) groups excluding carboxylic acids is 1. The lowest BCUT2D eigenvalue weighted by molar-refractivity contribution is -0.0792. The number of aliphatic hydroxyl groups is 2. The first-order valence-electron chi connectivity index (χ1n) is 11.6. The maximum atomic E-state index is 13.2. The van der Waals surface area contributed by atoms with Crippen LogP contribution in [0.2, 0.25) is 0 Å². The van der Waals surface area contributed by atoms with E-state index < -0.39 is 11.1 Å². The maximum absolute atomic E-state index is 13.2. The van der Waals surface area contributed by atoms with E-state index in [0.717, 1.165) is 54.7 Å². The Hall–Kier alpha value is -3.35. The molecule has 2 bridgehead atoms. The van der Waals surface area contributed by atoms with Gasteiger partial charge in [-0.15, -0.1) is 0 Å². The van der Waals surface area contributed by atoms with E-state index in [4.69, 9.17) is 0 Å². The summed E-state index contributed by atoms with van der Waals surface area (Å²) in [6, 6.07) is 16.6. The van der Waals surface area contributed by atoms with Crippen LogP contribution in [0.15, 0.2) is 48.5 Å². The van der Waals surface area contributed by atoms with Gasteiger partial charge in [-0.25, -0.2) is 0 Å². The number of aliphatic hydroxyl groups excluding tert-OH is 1. The topological polar surface area (TPSA) is 79.4 Å². The molecule has 8 rings (SSSR count). The Balaban J connectivity index is 1.78. The predicted octanol–water partition coefficient (Wildman–Crippen LogP) is 3.93. The zero-order chi connectivity index (χ0) is 22.3. The number of hydrogen-bond donors (Lipinski definition) is 3. The molecule has 6 heteroatoms. The van der Waals surface area contributed by atoms with Crippen LogP contribution in [0.1, 0.15) is 41.7 Å². The van der Waals surface area contributed by atoms with Gasteiger partial charge in [-0.2, -0.15) is 0 Å². The molecule has 164 valence electrons. The number of fused-ring (bicyclic) bond motifs is 13. The molecule has 3 N–H and O–H groups in total. The standard InChI is InChI=1S/C27H23N3O3/c1-26-10-14(11-27(26,33)13-31)29-18-8-4-2-6-15(18)21-22-17(12-28-25(22)32)20-16-7-3-5-9-19(16)30(26)24(20)23(21)29/h2-9,14,31,33H,10-13H2,1H3,(H,28,32)/t14-,26+,27+/m1/s1. The Bertz CT molecular complexity index is 1730. The molecule has 3 aromatic carbocycles. The van der Waals surface area contributed by atoms with Crippen molar-refractivity contribution in [1.82, 2.24) is 14.5 Å². The van der Waals surface area contributed by atoms with Crippen molar-refractivity contribution in [2.24, 2.45) is 0 Å². The van der Waals surface area contributed by atoms with Crippen LogP contribution >= 0.6 is 0 Å². The van der Waals surface area contributed by atoms with E-state index in [0.29, 0.717) is 19.4 Å². The molecule has 6 nitrogen and oxygen atoms in total. The van der Waals surface area contributed by atoms with Crippen LogP contribution < -0.4 is 5.32 Å². The summed E-state index contributed by atoms with van der Waals surface area (Å²) >= 11 is 0. The molecule has 1 aliphatic carbocycles. The normalized spacial score (nSPS) is 27.8. The van der Waals surface area contributed by atoms with Gasteiger partial charge in [-0.05, 0) is 31.0 Å². The molecule has 3 atom stereocenters. The van der Waals surface area contributed by atoms with Crippen molar-refractivity contribution in [2.75, 3.05) is 6.61 Å². The third-order valence-electron chi connectivity index (χ3n) is 8.85. The minimum atomic E-state index is -1.26. The highest BCUT2D eigenvalue weighted by Gasteiger charge is 2.59. The maximum Gasteiger partial charge on any atom is 0.252 e. The summed E-state index contributed by atoms with van der Waals surface area (Å²) in [6.07, 6.45) is 1.17. The molecule has 1 amide bonds. The van der Waals surface area contributed by atoms with Gasteiger partial charge in [0.15, 0.2) is 0 Å². The zero-order valence-electron chi connectivity index (χ0n) is 18.2. The van der Waals surface area contributed by atoms with E-state index >= 15 is 0 Å². The van der Waals surface area contributed by atoms with Gasteiger partial charge < -0.3 is 24.7 Å². The summed E-state index contributed by atoms with van der Waals surface area (Å²) in [7, 11) is 0. The molecule has 1 fully saturated rings. The lowest BCUT2D eigenvalue weighted by atomic mass is 9.84. The van der Waals surface area contributed by atoms with Crippen LogP contribution in [0, 0.1) is 0 Å². The molecule has 1 saturated carbocycles. The molecule has 2 aliphatic heterocycles. The van der Waals surface area contributed by atoms with Crippen molar-refractivity contribution in [3.05, 3.63) is 59.7 Å². The van der Waals surface area contributed by atoms with Crippen LogP contribution in [-0.4, -0.2) is 37.5 Å². The molecule has 0 spiro atoms. The fourth-order valence-electron chi connectivity index (χ4n) is 7.42. The number of carbonyl (C=O) groups is 1. The van der Waals surface area contributed by atoms with E-state index in [2.05, 4.69) is 45.6 Å². The van der Waals surface area contributed by atoms with Crippen molar-refractivity contribution >= 4 is 49.5 Å². The molecule has 0 radical (unpaired) electrons. The van der Waals surface area contributed by atoms with Crippen LogP contribution in [0.25, 0.3) is 43.6 Å². The van der Waals surface area contributed by atoms with Gasteiger partial charge in [-0.3, -0.25) is 4.79 Å². The van der Waals surface area contributed by atoms with Crippen molar-refractivity contribution < 1.29 is 15.0 Å². The van der Waals surface area contributed by atoms with Crippen LogP contribution in [0.4, 0.5) is 0 Å². The van der Waals surface area contributed by atoms with E-state index in [-0.39, 0.29) is 18.6 Å². The summed E-state index contributed by atoms with van der Waals surface area (Å²) in [4.78, 5) is 13.2. The number of benzene rings is 3. The molecule has 2 aromatic heterocycles. The number of amides is 1. The predicted molar refractivity (Wildman–Crippen MR) is 128 cm³/mol. The third kappa shape index (κ3) is 1.76. The second-order valence-electron chi connectivity index (χ2n) is 10.2. The Kier molecular flexibility index (Phi) is 2.97. The van der Waals surface area contributed by atoms with Gasteiger partial charge in [0.05, 0.1) is 28.7 Å². The SMILES string of the molecule is C[C@]12C[C@H](C[C@]1(O)CO)n1c3ccccc3c3c4c(c5c6ccccc6n2c5c31)CNC4=O. The van der Waals surface area contributed by atoms with Gasteiger partial charge in [-0.1, -0.05) is 36.4 Å². The molecule has 33 heavy (non-hydrogen) atoms. The summed E-state index contributed by atoms with van der Waals surface area (Å²) in [5.74, 6) is -0.0147. The van der Waals surface area contributed by atoms with E-state index in [9.17, 15) is 15.0 Å². The van der Waals surface area contributed by atoms with Crippen molar-refractivity contribution in [3.8, 4) is 0 Å². The van der Waals surface area contributed by atoms with Crippen molar-refractivity contribution in [3.63, 3.8) is 0 Å². The number of rotatable bonds is 1. The van der Waals surface area contributed by atoms with Crippen LogP contribution in [-0.2, 0) is 12.1 Å².